The fourth-order valence-corrected chi connectivity index (χ4v) is 2.21. The van der Waals surface area contributed by atoms with E-state index < -0.39 is 5.97 Å². The van der Waals surface area contributed by atoms with E-state index in [0.717, 1.165) is 25.7 Å². The number of rotatable bonds is 4. The van der Waals surface area contributed by atoms with Crippen LogP contribution in [0, 0.1) is 0 Å². The highest BCUT2D eigenvalue weighted by molar-refractivity contribution is 5.90. The first-order chi connectivity index (χ1) is 9.25. The molecular formula is C14H18N2O3. The number of nitrogens with one attached hydrogen (secondary N) is 1. The van der Waals surface area contributed by atoms with Crippen molar-refractivity contribution in [3.8, 4) is 0 Å². The number of hydrogen-bond donors (Lipinski definition) is 1. The van der Waals surface area contributed by atoms with E-state index in [-0.39, 0.29) is 18.6 Å². The molecule has 5 heteroatoms. The molecule has 19 heavy (non-hydrogen) atoms. The van der Waals surface area contributed by atoms with Crippen LogP contribution in [0.2, 0.25) is 0 Å². The van der Waals surface area contributed by atoms with Crippen LogP contribution in [0.25, 0.3) is 0 Å². The van der Waals surface area contributed by atoms with Crippen LogP contribution in [-0.2, 0) is 9.53 Å². The van der Waals surface area contributed by atoms with Crippen molar-refractivity contribution >= 4 is 11.9 Å². The highest BCUT2D eigenvalue weighted by atomic mass is 16.5. The van der Waals surface area contributed by atoms with Crippen molar-refractivity contribution in [3.63, 3.8) is 0 Å². The van der Waals surface area contributed by atoms with E-state index in [4.69, 9.17) is 4.74 Å². The predicted octanol–water partition coefficient (Wildman–Crippen LogP) is 1.69. The monoisotopic (exact) mass is 262 g/mol. The molecule has 1 aliphatic carbocycles. The number of amides is 1. The molecule has 1 aromatic rings. The molecule has 0 radical (unpaired) electrons. The minimum atomic E-state index is -0.521. The summed E-state index contributed by atoms with van der Waals surface area (Å²) in [5, 5.41) is 2.89. The van der Waals surface area contributed by atoms with E-state index in [1.165, 1.54) is 12.6 Å². The third-order valence-corrected chi connectivity index (χ3v) is 3.20. The zero-order valence-corrected chi connectivity index (χ0v) is 10.8. The van der Waals surface area contributed by atoms with Crippen molar-refractivity contribution in [1.82, 2.24) is 10.3 Å². The quantitative estimate of drug-likeness (QED) is 0.838. The second-order valence-corrected chi connectivity index (χ2v) is 4.72. The van der Waals surface area contributed by atoms with Crippen molar-refractivity contribution in [2.24, 2.45) is 0 Å². The standard InChI is InChI=1S/C14H18N2O3/c17-13(16-12-6-2-1-3-7-12)10-19-14(18)11-5-4-8-15-9-11/h4-5,8-9,12H,1-3,6-7,10H2,(H,16,17). The summed E-state index contributed by atoms with van der Waals surface area (Å²) in [6.07, 6.45) is 8.57. The van der Waals surface area contributed by atoms with Gasteiger partial charge in [-0.3, -0.25) is 9.78 Å². The molecule has 1 heterocycles. The first-order valence-corrected chi connectivity index (χ1v) is 6.62. The van der Waals surface area contributed by atoms with Gasteiger partial charge in [-0.15, -0.1) is 0 Å². The minimum Gasteiger partial charge on any atom is -0.452 e. The summed E-state index contributed by atoms with van der Waals surface area (Å²) < 4.78 is 4.94. The Balaban J connectivity index is 1.72. The van der Waals surface area contributed by atoms with Gasteiger partial charge in [-0.25, -0.2) is 4.79 Å². The lowest BCUT2D eigenvalue weighted by Crippen LogP contribution is -2.38. The van der Waals surface area contributed by atoms with Gasteiger partial charge in [0, 0.05) is 18.4 Å². The lowest BCUT2D eigenvalue weighted by Gasteiger charge is -2.22. The van der Waals surface area contributed by atoms with E-state index in [2.05, 4.69) is 10.3 Å². The molecule has 102 valence electrons. The number of esters is 1. The fraction of sp³-hybridized carbons (Fsp3) is 0.500. The van der Waals surface area contributed by atoms with Crippen LogP contribution in [0.3, 0.4) is 0 Å². The summed E-state index contributed by atoms with van der Waals surface area (Å²) >= 11 is 0. The Kier molecular flexibility index (Phi) is 4.89. The third kappa shape index (κ3) is 4.35. The number of ether oxygens (including phenoxy) is 1. The third-order valence-electron chi connectivity index (χ3n) is 3.20. The van der Waals surface area contributed by atoms with Gasteiger partial charge in [-0.1, -0.05) is 19.3 Å². The van der Waals surface area contributed by atoms with Gasteiger partial charge in [0.1, 0.15) is 0 Å². The Morgan fingerprint density at radius 2 is 2.11 bits per heavy atom. The fourth-order valence-electron chi connectivity index (χ4n) is 2.21. The van der Waals surface area contributed by atoms with Gasteiger partial charge >= 0.3 is 5.97 Å². The minimum absolute atomic E-state index is 0.232. The van der Waals surface area contributed by atoms with E-state index >= 15 is 0 Å². The molecule has 1 fully saturated rings. The van der Waals surface area contributed by atoms with Crippen LogP contribution in [0.5, 0.6) is 0 Å². The molecule has 0 aliphatic heterocycles. The maximum atomic E-state index is 11.6. The van der Waals surface area contributed by atoms with Crippen molar-refractivity contribution in [1.29, 1.82) is 0 Å². The largest absolute Gasteiger partial charge is 0.452 e. The van der Waals surface area contributed by atoms with Gasteiger partial charge in [-0.05, 0) is 25.0 Å². The molecule has 1 aliphatic rings. The van der Waals surface area contributed by atoms with Crippen LogP contribution < -0.4 is 5.32 Å². The molecule has 0 bridgehead atoms. The van der Waals surface area contributed by atoms with Crippen molar-refractivity contribution in [2.45, 2.75) is 38.1 Å². The average Bonchev–Trinajstić information content (AvgIpc) is 2.47. The topological polar surface area (TPSA) is 68.3 Å². The van der Waals surface area contributed by atoms with Crippen LogP contribution in [0.1, 0.15) is 42.5 Å². The molecule has 1 amide bonds. The Hall–Kier alpha value is -1.91. The molecule has 1 aromatic heterocycles. The van der Waals surface area contributed by atoms with Crippen molar-refractivity contribution in [2.75, 3.05) is 6.61 Å². The average molecular weight is 262 g/mol. The lowest BCUT2D eigenvalue weighted by molar-refractivity contribution is -0.125. The molecule has 0 saturated heterocycles. The number of pyridine rings is 1. The Bertz CT molecular complexity index is 428. The number of carbonyl (C=O) groups excluding carboxylic acids is 2. The van der Waals surface area contributed by atoms with E-state index in [1.54, 1.807) is 18.3 Å². The molecule has 0 aromatic carbocycles. The Morgan fingerprint density at radius 3 is 2.79 bits per heavy atom. The van der Waals surface area contributed by atoms with Gasteiger partial charge in [-0.2, -0.15) is 0 Å². The molecule has 1 saturated carbocycles. The first kappa shape index (κ1) is 13.5. The van der Waals surface area contributed by atoms with E-state index in [9.17, 15) is 9.59 Å². The molecule has 0 unspecified atom stereocenters. The number of carbonyl (C=O) groups is 2. The van der Waals surface area contributed by atoms with Gasteiger partial charge in [0.25, 0.3) is 5.91 Å². The number of hydrogen-bond acceptors (Lipinski definition) is 4. The molecule has 0 atom stereocenters. The number of aromatic nitrogens is 1. The summed E-state index contributed by atoms with van der Waals surface area (Å²) in [6, 6.07) is 3.49. The second kappa shape index (κ2) is 6.87. The molecular weight excluding hydrogens is 244 g/mol. The lowest BCUT2D eigenvalue weighted by atomic mass is 9.95. The van der Waals surface area contributed by atoms with Crippen molar-refractivity contribution < 1.29 is 14.3 Å². The molecule has 1 N–H and O–H groups in total. The van der Waals surface area contributed by atoms with Crippen LogP contribution in [0.4, 0.5) is 0 Å². The molecule has 0 spiro atoms. The summed E-state index contributed by atoms with van der Waals surface area (Å²) in [6.45, 7) is -0.232. The zero-order valence-electron chi connectivity index (χ0n) is 10.8. The maximum Gasteiger partial charge on any atom is 0.340 e. The summed E-state index contributed by atoms with van der Waals surface area (Å²) in [7, 11) is 0. The van der Waals surface area contributed by atoms with Crippen LogP contribution >= 0.6 is 0 Å². The first-order valence-electron chi connectivity index (χ1n) is 6.62. The normalized spacial score (nSPS) is 15.8. The predicted molar refractivity (Wildman–Crippen MR) is 69.5 cm³/mol. The number of nitrogens with zero attached hydrogens (tertiary/aromatic N) is 1. The van der Waals surface area contributed by atoms with E-state index in [0.29, 0.717) is 5.56 Å². The molecule has 2 rings (SSSR count). The summed E-state index contributed by atoms with van der Waals surface area (Å²) in [5.41, 5.74) is 0.355. The summed E-state index contributed by atoms with van der Waals surface area (Å²) in [4.78, 5) is 27.1. The zero-order chi connectivity index (χ0) is 13.5. The molecule has 5 nitrogen and oxygen atoms in total. The highest BCUT2D eigenvalue weighted by Crippen LogP contribution is 2.17. The SMILES string of the molecule is O=C(COC(=O)c1cccnc1)NC1CCCCC1. The van der Waals surface area contributed by atoms with Gasteiger partial charge in [0.05, 0.1) is 5.56 Å². The maximum absolute atomic E-state index is 11.6. The summed E-state index contributed by atoms with van der Waals surface area (Å²) in [5.74, 6) is -0.754. The van der Waals surface area contributed by atoms with Gasteiger partial charge in [0.15, 0.2) is 6.61 Å². The second-order valence-electron chi connectivity index (χ2n) is 4.72. The van der Waals surface area contributed by atoms with Crippen LogP contribution in [-0.4, -0.2) is 29.5 Å². The Labute approximate surface area is 112 Å². The van der Waals surface area contributed by atoms with Crippen LogP contribution in [0.15, 0.2) is 24.5 Å². The van der Waals surface area contributed by atoms with Gasteiger partial charge < -0.3 is 10.1 Å². The smallest absolute Gasteiger partial charge is 0.340 e. The van der Waals surface area contributed by atoms with E-state index in [1.807, 2.05) is 0 Å². The highest BCUT2D eigenvalue weighted by Gasteiger charge is 2.16. The van der Waals surface area contributed by atoms with Crippen molar-refractivity contribution in [3.05, 3.63) is 30.1 Å². The Morgan fingerprint density at radius 1 is 1.32 bits per heavy atom. The van der Waals surface area contributed by atoms with Gasteiger partial charge in [0.2, 0.25) is 0 Å².